The van der Waals surface area contributed by atoms with Gasteiger partial charge in [0, 0.05) is 30.4 Å². The molecule has 0 aromatic carbocycles. The highest BCUT2D eigenvalue weighted by Crippen LogP contribution is 2.13. The molecule has 0 radical (unpaired) electrons. The number of rotatable bonds is 5. The topological polar surface area (TPSA) is 73.9 Å². The van der Waals surface area contributed by atoms with E-state index in [0.717, 1.165) is 23.5 Å². The number of ether oxygens (including phenoxy) is 1. The molecule has 0 aliphatic heterocycles. The molecule has 106 valence electrons. The summed E-state index contributed by atoms with van der Waals surface area (Å²) in [4.78, 5) is 13.0. The molecule has 0 spiro atoms. The van der Waals surface area contributed by atoms with E-state index in [0.29, 0.717) is 24.0 Å². The van der Waals surface area contributed by atoms with Gasteiger partial charge < -0.3 is 10.5 Å². The van der Waals surface area contributed by atoms with Crippen molar-refractivity contribution in [3.63, 3.8) is 0 Å². The average molecular weight is 272 g/mol. The van der Waals surface area contributed by atoms with Gasteiger partial charge in [-0.1, -0.05) is 19.9 Å². The van der Waals surface area contributed by atoms with Gasteiger partial charge in [-0.3, -0.25) is 0 Å². The van der Waals surface area contributed by atoms with Crippen LogP contribution >= 0.6 is 0 Å². The zero-order valence-electron chi connectivity index (χ0n) is 12.1. The molecule has 0 aliphatic rings. The van der Waals surface area contributed by atoms with Crippen LogP contribution in [0.5, 0.6) is 5.88 Å². The molecular formula is C15H20N4O. The average Bonchev–Trinajstić information content (AvgIpc) is 2.38. The molecule has 0 amide bonds. The van der Waals surface area contributed by atoms with Crippen LogP contribution in [0, 0.1) is 5.92 Å². The molecule has 2 aromatic heterocycles. The lowest BCUT2D eigenvalue weighted by Gasteiger charge is -2.08. The van der Waals surface area contributed by atoms with Crippen molar-refractivity contribution < 1.29 is 4.74 Å². The van der Waals surface area contributed by atoms with Crippen molar-refractivity contribution in [2.45, 2.75) is 26.7 Å². The number of aromatic nitrogens is 3. The van der Waals surface area contributed by atoms with Crippen molar-refractivity contribution in [1.29, 1.82) is 0 Å². The first-order valence-electron chi connectivity index (χ1n) is 6.68. The second-order valence-electron chi connectivity index (χ2n) is 5.18. The number of hydrogen-bond donors (Lipinski definition) is 1. The van der Waals surface area contributed by atoms with Gasteiger partial charge in [0.1, 0.15) is 11.6 Å². The maximum absolute atomic E-state index is 5.85. The molecule has 2 N–H and O–H groups in total. The summed E-state index contributed by atoms with van der Waals surface area (Å²) in [6.45, 7) is 4.32. The standard InChI is InChI=1S/C15H20N4O/c1-10(2)6-12-8-13(16)19-14(18-12)7-11-4-5-15(20-3)17-9-11/h4-5,8-10H,6-7H2,1-3H3,(H2,16,18,19). The molecule has 0 saturated heterocycles. The molecule has 2 aromatic rings. The molecular weight excluding hydrogens is 252 g/mol. The maximum Gasteiger partial charge on any atom is 0.212 e. The smallest absolute Gasteiger partial charge is 0.212 e. The van der Waals surface area contributed by atoms with E-state index in [1.807, 2.05) is 18.2 Å². The Kier molecular flexibility index (Phi) is 4.50. The van der Waals surface area contributed by atoms with Crippen molar-refractivity contribution in [3.8, 4) is 5.88 Å². The van der Waals surface area contributed by atoms with Crippen molar-refractivity contribution in [3.05, 3.63) is 41.5 Å². The summed E-state index contributed by atoms with van der Waals surface area (Å²) in [5.74, 6) is 2.39. The van der Waals surface area contributed by atoms with E-state index in [2.05, 4.69) is 28.8 Å². The Morgan fingerprint density at radius 2 is 2.05 bits per heavy atom. The van der Waals surface area contributed by atoms with Crippen LogP contribution in [0.4, 0.5) is 5.82 Å². The molecule has 0 saturated carbocycles. The van der Waals surface area contributed by atoms with Gasteiger partial charge in [0.15, 0.2) is 0 Å². The van der Waals surface area contributed by atoms with E-state index in [-0.39, 0.29) is 0 Å². The third-order valence-corrected chi connectivity index (χ3v) is 2.83. The number of nitrogens with two attached hydrogens (primary N) is 1. The highest BCUT2D eigenvalue weighted by molar-refractivity contribution is 5.31. The number of pyridine rings is 1. The fourth-order valence-electron chi connectivity index (χ4n) is 2.00. The summed E-state index contributed by atoms with van der Waals surface area (Å²) in [7, 11) is 1.60. The van der Waals surface area contributed by atoms with Crippen molar-refractivity contribution >= 4 is 5.82 Å². The zero-order valence-corrected chi connectivity index (χ0v) is 12.1. The van der Waals surface area contributed by atoms with Crippen molar-refractivity contribution in [1.82, 2.24) is 15.0 Å². The van der Waals surface area contributed by atoms with E-state index >= 15 is 0 Å². The molecule has 5 heteroatoms. The van der Waals surface area contributed by atoms with Crippen LogP contribution in [0.2, 0.25) is 0 Å². The lowest BCUT2D eigenvalue weighted by Crippen LogP contribution is -2.06. The van der Waals surface area contributed by atoms with E-state index in [9.17, 15) is 0 Å². The van der Waals surface area contributed by atoms with E-state index in [1.165, 1.54) is 0 Å². The van der Waals surface area contributed by atoms with Gasteiger partial charge in [0.2, 0.25) is 5.88 Å². The van der Waals surface area contributed by atoms with E-state index in [4.69, 9.17) is 10.5 Å². The first kappa shape index (κ1) is 14.2. The Labute approximate surface area is 119 Å². The molecule has 0 aliphatic carbocycles. The van der Waals surface area contributed by atoms with Gasteiger partial charge in [0.05, 0.1) is 7.11 Å². The first-order chi connectivity index (χ1) is 9.56. The molecule has 0 unspecified atom stereocenters. The Morgan fingerprint density at radius 3 is 2.65 bits per heavy atom. The molecule has 0 bridgehead atoms. The van der Waals surface area contributed by atoms with Gasteiger partial charge in [-0.25, -0.2) is 15.0 Å². The molecule has 0 fully saturated rings. The highest BCUT2D eigenvalue weighted by atomic mass is 16.5. The second kappa shape index (κ2) is 6.32. The minimum Gasteiger partial charge on any atom is -0.481 e. The summed E-state index contributed by atoms with van der Waals surface area (Å²) in [6, 6.07) is 5.63. The van der Waals surface area contributed by atoms with Gasteiger partial charge in [0.25, 0.3) is 0 Å². The normalized spacial score (nSPS) is 10.8. The molecule has 2 rings (SSSR count). The minimum atomic E-state index is 0.520. The lowest BCUT2D eigenvalue weighted by molar-refractivity contribution is 0.397. The van der Waals surface area contributed by atoms with Crippen LogP contribution in [-0.4, -0.2) is 22.1 Å². The monoisotopic (exact) mass is 272 g/mol. The minimum absolute atomic E-state index is 0.520. The van der Waals surface area contributed by atoms with Gasteiger partial charge in [-0.05, 0) is 17.9 Å². The number of hydrogen-bond acceptors (Lipinski definition) is 5. The quantitative estimate of drug-likeness (QED) is 0.903. The Bertz CT molecular complexity index is 567. The SMILES string of the molecule is COc1ccc(Cc2nc(N)cc(CC(C)C)n2)cn1. The Balaban J connectivity index is 2.17. The summed E-state index contributed by atoms with van der Waals surface area (Å²) in [6.07, 6.45) is 3.29. The Morgan fingerprint density at radius 1 is 1.25 bits per heavy atom. The zero-order chi connectivity index (χ0) is 14.5. The molecule has 2 heterocycles. The fourth-order valence-corrected chi connectivity index (χ4v) is 2.00. The number of nitrogen functional groups attached to an aromatic ring is 1. The largest absolute Gasteiger partial charge is 0.481 e. The predicted molar refractivity (Wildman–Crippen MR) is 78.6 cm³/mol. The Hall–Kier alpha value is -2.17. The summed E-state index contributed by atoms with van der Waals surface area (Å²) < 4.78 is 5.04. The molecule has 0 atom stereocenters. The number of nitrogens with zero attached hydrogens (tertiary/aromatic N) is 3. The lowest BCUT2D eigenvalue weighted by atomic mass is 10.1. The van der Waals surface area contributed by atoms with E-state index < -0.39 is 0 Å². The van der Waals surface area contributed by atoms with Crippen LogP contribution in [-0.2, 0) is 12.8 Å². The van der Waals surface area contributed by atoms with Gasteiger partial charge in [-0.15, -0.1) is 0 Å². The summed E-state index contributed by atoms with van der Waals surface area (Å²) in [5, 5.41) is 0. The third kappa shape index (κ3) is 3.91. The van der Waals surface area contributed by atoms with Crippen LogP contribution in [0.25, 0.3) is 0 Å². The maximum atomic E-state index is 5.85. The van der Waals surface area contributed by atoms with Crippen LogP contribution in [0.15, 0.2) is 24.4 Å². The summed E-state index contributed by atoms with van der Waals surface area (Å²) in [5.41, 5.74) is 7.87. The molecule has 20 heavy (non-hydrogen) atoms. The van der Waals surface area contributed by atoms with Crippen LogP contribution < -0.4 is 10.5 Å². The highest BCUT2D eigenvalue weighted by Gasteiger charge is 2.06. The van der Waals surface area contributed by atoms with E-state index in [1.54, 1.807) is 13.3 Å². The predicted octanol–water partition coefficient (Wildman–Crippen LogP) is 2.25. The third-order valence-electron chi connectivity index (χ3n) is 2.83. The fraction of sp³-hybridized carbons (Fsp3) is 0.400. The number of methoxy groups -OCH3 is 1. The van der Waals surface area contributed by atoms with Crippen molar-refractivity contribution in [2.24, 2.45) is 5.92 Å². The summed E-state index contributed by atoms with van der Waals surface area (Å²) >= 11 is 0. The van der Waals surface area contributed by atoms with Gasteiger partial charge >= 0.3 is 0 Å². The number of anilines is 1. The van der Waals surface area contributed by atoms with Crippen LogP contribution in [0.3, 0.4) is 0 Å². The molecule has 5 nitrogen and oxygen atoms in total. The van der Waals surface area contributed by atoms with Crippen molar-refractivity contribution in [2.75, 3.05) is 12.8 Å². The first-order valence-corrected chi connectivity index (χ1v) is 6.68. The van der Waals surface area contributed by atoms with Crippen LogP contribution in [0.1, 0.15) is 30.9 Å². The second-order valence-corrected chi connectivity index (χ2v) is 5.18. The van der Waals surface area contributed by atoms with Gasteiger partial charge in [-0.2, -0.15) is 0 Å².